The van der Waals surface area contributed by atoms with E-state index in [1.165, 1.54) is 5.56 Å². The highest BCUT2D eigenvalue weighted by atomic mass is 16.2. The smallest absolute Gasteiger partial charge is 0.240 e. The first kappa shape index (κ1) is 14.0. The van der Waals surface area contributed by atoms with Crippen LogP contribution in [0.2, 0.25) is 0 Å². The van der Waals surface area contributed by atoms with E-state index in [0.29, 0.717) is 0 Å². The highest BCUT2D eigenvalue weighted by Crippen LogP contribution is 2.05. The third-order valence-corrected chi connectivity index (χ3v) is 3.66. The van der Waals surface area contributed by atoms with Crippen LogP contribution in [0.15, 0.2) is 24.5 Å². The average Bonchev–Trinajstić information content (AvgIpc) is 2.45. The second kappa shape index (κ2) is 6.63. The van der Waals surface area contributed by atoms with Crippen molar-refractivity contribution in [2.75, 3.05) is 40.3 Å². The van der Waals surface area contributed by atoms with Gasteiger partial charge in [-0.25, -0.2) is 0 Å². The normalized spacial score (nSPS) is 20.2. The van der Waals surface area contributed by atoms with Gasteiger partial charge in [-0.15, -0.1) is 0 Å². The predicted molar refractivity (Wildman–Crippen MR) is 74.9 cm³/mol. The molecule has 104 valence electrons. The molecule has 19 heavy (non-hydrogen) atoms. The molecule has 0 bridgehead atoms. The minimum atomic E-state index is -0.0313. The van der Waals surface area contributed by atoms with Gasteiger partial charge in [0.1, 0.15) is 6.04 Å². The molecule has 0 aromatic carbocycles. The lowest BCUT2D eigenvalue weighted by Gasteiger charge is -2.34. The van der Waals surface area contributed by atoms with Crippen LogP contribution in [0.4, 0.5) is 0 Å². The Morgan fingerprint density at radius 3 is 2.95 bits per heavy atom. The summed E-state index contributed by atoms with van der Waals surface area (Å²) >= 11 is 0. The van der Waals surface area contributed by atoms with E-state index in [4.69, 9.17) is 0 Å². The van der Waals surface area contributed by atoms with Gasteiger partial charge < -0.3 is 10.2 Å². The summed E-state index contributed by atoms with van der Waals surface area (Å²) in [7, 11) is 3.89. The highest BCUT2D eigenvalue weighted by Gasteiger charge is 2.27. The van der Waals surface area contributed by atoms with Gasteiger partial charge in [-0.3, -0.25) is 14.7 Å². The fourth-order valence-electron chi connectivity index (χ4n) is 2.29. The van der Waals surface area contributed by atoms with E-state index < -0.39 is 0 Å². The van der Waals surface area contributed by atoms with Crippen molar-refractivity contribution in [3.8, 4) is 0 Å². The van der Waals surface area contributed by atoms with Gasteiger partial charge in [0.2, 0.25) is 5.91 Å². The van der Waals surface area contributed by atoms with Crippen LogP contribution in [0, 0.1) is 0 Å². The fourth-order valence-corrected chi connectivity index (χ4v) is 2.29. The molecule has 1 aliphatic heterocycles. The standard InChI is InChI=1S/C14H22N4O/c1-17-10-8-16-11-13(17)14(19)18(2)9-5-12-3-6-15-7-4-12/h3-4,6-7,13,16H,5,8-11H2,1-2H3. The van der Waals surface area contributed by atoms with E-state index in [2.05, 4.69) is 15.2 Å². The SMILES string of the molecule is CN(CCc1ccncc1)C(=O)C1CNCCN1C. The number of nitrogens with zero attached hydrogens (tertiary/aromatic N) is 3. The Kier molecular flexibility index (Phi) is 4.87. The number of aromatic nitrogens is 1. The molecule has 1 saturated heterocycles. The maximum atomic E-state index is 12.4. The van der Waals surface area contributed by atoms with Gasteiger partial charge >= 0.3 is 0 Å². The number of amides is 1. The summed E-state index contributed by atoms with van der Waals surface area (Å²) in [4.78, 5) is 20.3. The van der Waals surface area contributed by atoms with Crippen LogP contribution in [0.3, 0.4) is 0 Å². The molecule has 5 nitrogen and oxygen atoms in total. The molecule has 0 aliphatic carbocycles. The number of pyridine rings is 1. The van der Waals surface area contributed by atoms with Crippen LogP contribution in [0.25, 0.3) is 0 Å². The zero-order valence-electron chi connectivity index (χ0n) is 11.7. The van der Waals surface area contributed by atoms with Gasteiger partial charge in [-0.2, -0.15) is 0 Å². The summed E-state index contributed by atoms with van der Waals surface area (Å²) in [6.07, 6.45) is 4.45. The first-order chi connectivity index (χ1) is 9.18. The quantitative estimate of drug-likeness (QED) is 0.829. The van der Waals surface area contributed by atoms with Crippen molar-refractivity contribution >= 4 is 5.91 Å². The molecule has 1 amide bonds. The molecule has 1 atom stereocenters. The lowest BCUT2D eigenvalue weighted by molar-refractivity contribution is -0.135. The fraction of sp³-hybridized carbons (Fsp3) is 0.571. The zero-order valence-corrected chi connectivity index (χ0v) is 11.7. The summed E-state index contributed by atoms with van der Waals surface area (Å²) in [5.41, 5.74) is 1.21. The Labute approximate surface area is 114 Å². The van der Waals surface area contributed by atoms with Crippen LogP contribution in [0.5, 0.6) is 0 Å². The van der Waals surface area contributed by atoms with Crippen LogP contribution in [-0.4, -0.2) is 67.0 Å². The van der Waals surface area contributed by atoms with Crippen molar-refractivity contribution in [2.45, 2.75) is 12.5 Å². The number of hydrogen-bond donors (Lipinski definition) is 1. The van der Waals surface area contributed by atoms with E-state index in [9.17, 15) is 4.79 Å². The zero-order chi connectivity index (χ0) is 13.7. The van der Waals surface area contributed by atoms with E-state index in [0.717, 1.165) is 32.6 Å². The van der Waals surface area contributed by atoms with Crippen molar-refractivity contribution in [3.63, 3.8) is 0 Å². The van der Waals surface area contributed by atoms with Gasteiger partial charge in [0, 0.05) is 45.6 Å². The average molecular weight is 262 g/mol. The summed E-state index contributed by atoms with van der Waals surface area (Å²) in [6.45, 7) is 3.37. The molecule has 0 spiro atoms. The third kappa shape index (κ3) is 3.75. The maximum absolute atomic E-state index is 12.4. The maximum Gasteiger partial charge on any atom is 0.240 e. The first-order valence-electron chi connectivity index (χ1n) is 6.73. The van der Waals surface area contributed by atoms with Crippen LogP contribution in [0.1, 0.15) is 5.56 Å². The molecule has 2 heterocycles. The van der Waals surface area contributed by atoms with Gasteiger partial charge in [-0.05, 0) is 31.2 Å². The Morgan fingerprint density at radius 2 is 2.26 bits per heavy atom. The van der Waals surface area contributed by atoms with E-state index in [1.807, 2.05) is 31.1 Å². The second-order valence-corrected chi connectivity index (χ2v) is 5.07. The molecule has 0 saturated carbocycles. The molecule has 1 aliphatic rings. The Balaban J connectivity index is 1.85. The Bertz CT molecular complexity index is 409. The van der Waals surface area contributed by atoms with Gasteiger partial charge in [0.15, 0.2) is 0 Å². The van der Waals surface area contributed by atoms with Gasteiger partial charge in [0.25, 0.3) is 0 Å². The van der Waals surface area contributed by atoms with Crippen LogP contribution < -0.4 is 5.32 Å². The molecular formula is C14H22N4O. The van der Waals surface area contributed by atoms with Crippen molar-refractivity contribution in [3.05, 3.63) is 30.1 Å². The van der Waals surface area contributed by atoms with Crippen molar-refractivity contribution in [1.29, 1.82) is 0 Å². The number of nitrogens with one attached hydrogen (secondary N) is 1. The van der Waals surface area contributed by atoms with Crippen molar-refractivity contribution in [2.24, 2.45) is 0 Å². The minimum Gasteiger partial charge on any atom is -0.344 e. The van der Waals surface area contributed by atoms with E-state index in [-0.39, 0.29) is 11.9 Å². The Hall–Kier alpha value is -1.46. The van der Waals surface area contributed by atoms with Crippen LogP contribution >= 0.6 is 0 Å². The first-order valence-corrected chi connectivity index (χ1v) is 6.73. The van der Waals surface area contributed by atoms with Crippen molar-refractivity contribution in [1.82, 2.24) is 20.1 Å². The van der Waals surface area contributed by atoms with Crippen molar-refractivity contribution < 1.29 is 4.79 Å². The second-order valence-electron chi connectivity index (χ2n) is 5.07. The molecule has 1 N–H and O–H groups in total. The largest absolute Gasteiger partial charge is 0.344 e. The molecule has 1 fully saturated rings. The van der Waals surface area contributed by atoms with Gasteiger partial charge in [-0.1, -0.05) is 0 Å². The predicted octanol–water partition coefficient (Wildman–Crippen LogP) is -0.0139. The lowest BCUT2D eigenvalue weighted by Crippen LogP contribution is -2.56. The lowest BCUT2D eigenvalue weighted by atomic mass is 10.1. The van der Waals surface area contributed by atoms with Crippen LogP contribution in [-0.2, 0) is 11.2 Å². The summed E-state index contributed by atoms with van der Waals surface area (Å²) in [5, 5.41) is 3.28. The number of likely N-dealkylation sites (N-methyl/N-ethyl adjacent to an activating group) is 2. The van der Waals surface area contributed by atoms with E-state index in [1.54, 1.807) is 12.4 Å². The van der Waals surface area contributed by atoms with Gasteiger partial charge in [0.05, 0.1) is 0 Å². The minimum absolute atomic E-state index is 0.0313. The summed E-state index contributed by atoms with van der Waals surface area (Å²) in [5.74, 6) is 0.198. The number of hydrogen-bond acceptors (Lipinski definition) is 4. The summed E-state index contributed by atoms with van der Waals surface area (Å²) in [6, 6.07) is 3.95. The number of carbonyl (C=O) groups is 1. The molecule has 1 unspecified atom stereocenters. The Morgan fingerprint density at radius 1 is 1.53 bits per heavy atom. The highest BCUT2D eigenvalue weighted by molar-refractivity contribution is 5.82. The monoisotopic (exact) mass is 262 g/mol. The molecule has 0 radical (unpaired) electrons. The molecule has 1 aromatic heterocycles. The third-order valence-electron chi connectivity index (χ3n) is 3.66. The molecular weight excluding hydrogens is 240 g/mol. The van der Waals surface area contributed by atoms with E-state index >= 15 is 0 Å². The molecule has 5 heteroatoms. The topological polar surface area (TPSA) is 48.5 Å². The number of piperazine rings is 1. The molecule has 2 rings (SSSR count). The summed E-state index contributed by atoms with van der Waals surface area (Å²) < 4.78 is 0. The molecule has 1 aromatic rings. The number of carbonyl (C=O) groups excluding carboxylic acids is 1. The number of rotatable bonds is 4.